The molecule has 2 aliphatic heterocycles. The molecule has 1 atom stereocenters. The van der Waals surface area contributed by atoms with Crippen molar-refractivity contribution in [3.05, 3.63) is 22.9 Å². The number of ether oxygens (including phenoxy) is 1. The van der Waals surface area contributed by atoms with E-state index < -0.39 is 4.93 Å². The van der Waals surface area contributed by atoms with E-state index in [1.54, 1.807) is 26.2 Å². The number of carbonyl (C=O) groups is 2. The summed E-state index contributed by atoms with van der Waals surface area (Å²) >= 11 is 1.28. The number of amides is 2. The van der Waals surface area contributed by atoms with Crippen LogP contribution in [-0.2, 0) is 14.3 Å². The van der Waals surface area contributed by atoms with Gasteiger partial charge in [0, 0.05) is 26.8 Å². The van der Waals surface area contributed by atoms with Crippen LogP contribution in [0.1, 0.15) is 13.3 Å². The molecule has 92 valence electrons. The van der Waals surface area contributed by atoms with Gasteiger partial charge in [-0.05, 0) is 6.92 Å². The van der Waals surface area contributed by atoms with Gasteiger partial charge in [0.15, 0.2) is 4.93 Å². The van der Waals surface area contributed by atoms with Crippen molar-refractivity contribution in [3.8, 4) is 0 Å². The molecule has 0 saturated carbocycles. The van der Waals surface area contributed by atoms with Crippen molar-refractivity contribution >= 4 is 23.6 Å². The van der Waals surface area contributed by atoms with Crippen LogP contribution in [-0.4, -0.2) is 35.8 Å². The van der Waals surface area contributed by atoms with Crippen LogP contribution in [0.4, 0.5) is 0 Å². The number of methoxy groups -OCH3 is 1. The zero-order chi connectivity index (χ0) is 12.6. The van der Waals surface area contributed by atoms with Gasteiger partial charge in [0.2, 0.25) is 5.91 Å². The van der Waals surface area contributed by atoms with Crippen LogP contribution in [0.15, 0.2) is 22.9 Å². The highest BCUT2D eigenvalue weighted by molar-refractivity contribution is 8.05. The number of thioether (sulfide) groups is 1. The molecular weight excluding hydrogens is 240 g/mol. The number of likely N-dealkylation sites (N-methyl/N-ethyl adjacent to an activating group) is 1. The maximum atomic E-state index is 12.1. The van der Waals surface area contributed by atoms with Gasteiger partial charge in [-0.25, -0.2) is 0 Å². The molecule has 5 nitrogen and oxygen atoms in total. The number of hydrogen-bond donors (Lipinski definition) is 1. The third-order valence-corrected chi connectivity index (χ3v) is 4.21. The zero-order valence-electron chi connectivity index (χ0n) is 9.94. The molecule has 0 radical (unpaired) electrons. The Kier molecular flexibility index (Phi) is 3.01. The van der Waals surface area contributed by atoms with Crippen molar-refractivity contribution in [2.24, 2.45) is 0 Å². The highest BCUT2D eigenvalue weighted by Crippen LogP contribution is 2.47. The van der Waals surface area contributed by atoms with Gasteiger partial charge in [-0.1, -0.05) is 17.8 Å². The molecule has 0 aromatic rings. The Hall–Kier alpha value is -1.27. The maximum Gasteiger partial charge on any atom is 0.274 e. The lowest BCUT2D eigenvalue weighted by atomic mass is 10.1. The Morgan fingerprint density at radius 3 is 2.94 bits per heavy atom. The monoisotopic (exact) mass is 254 g/mol. The van der Waals surface area contributed by atoms with Crippen LogP contribution in [0, 0.1) is 0 Å². The first-order valence-electron chi connectivity index (χ1n) is 5.23. The Balaban J connectivity index is 2.44. The molecule has 0 spiro atoms. The summed E-state index contributed by atoms with van der Waals surface area (Å²) in [6, 6.07) is 0. The van der Waals surface area contributed by atoms with E-state index in [-0.39, 0.29) is 11.8 Å². The summed E-state index contributed by atoms with van der Waals surface area (Å²) in [4.78, 5) is 24.4. The van der Waals surface area contributed by atoms with E-state index in [1.807, 2.05) is 0 Å². The fourth-order valence-electron chi connectivity index (χ4n) is 1.76. The second-order valence-electron chi connectivity index (χ2n) is 3.88. The molecule has 0 bridgehead atoms. The summed E-state index contributed by atoms with van der Waals surface area (Å²) in [5.41, 5.74) is 0.606. The first-order chi connectivity index (χ1) is 8.03. The first kappa shape index (κ1) is 12.2. The van der Waals surface area contributed by atoms with Gasteiger partial charge in [0.05, 0.1) is 10.6 Å². The average Bonchev–Trinajstić information content (AvgIpc) is 2.62. The summed E-state index contributed by atoms with van der Waals surface area (Å²) in [5, 5.41) is 3.25. The van der Waals surface area contributed by atoms with Crippen molar-refractivity contribution in [3.63, 3.8) is 0 Å². The molecule has 1 saturated heterocycles. The maximum absolute atomic E-state index is 12.1. The number of carbonyl (C=O) groups excluding carboxylic acids is 2. The zero-order valence-corrected chi connectivity index (χ0v) is 10.8. The highest BCUT2D eigenvalue weighted by Gasteiger charge is 2.49. The molecule has 2 rings (SSSR count). The quantitative estimate of drug-likeness (QED) is 0.792. The fraction of sp³-hybridized carbons (Fsp3) is 0.455. The molecule has 0 aromatic carbocycles. The van der Waals surface area contributed by atoms with Crippen LogP contribution in [0.25, 0.3) is 0 Å². The number of rotatable bonds is 2. The van der Waals surface area contributed by atoms with Gasteiger partial charge < -0.3 is 10.1 Å². The highest BCUT2D eigenvalue weighted by atomic mass is 32.2. The van der Waals surface area contributed by atoms with Crippen LogP contribution >= 0.6 is 11.8 Å². The number of allylic oxidation sites excluding steroid dienone is 1. The number of nitrogens with zero attached hydrogens (tertiary/aromatic N) is 1. The second-order valence-corrected chi connectivity index (χ2v) is 5.25. The molecule has 0 aromatic heterocycles. The standard InChI is InChI=1S/C11H14N2O3S/c1-11(16-3)10(15)13-6-4-5-7(8(14)12-2)9(13)17-11/h4,6H,5H2,1-3H3,(H,12,14). The van der Waals surface area contributed by atoms with Crippen molar-refractivity contribution in [2.45, 2.75) is 18.3 Å². The van der Waals surface area contributed by atoms with E-state index in [0.29, 0.717) is 17.0 Å². The minimum absolute atomic E-state index is 0.155. The van der Waals surface area contributed by atoms with Crippen LogP contribution < -0.4 is 5.32 Å². The summed E-state index contributed by atoms with van der Waals surface area (Å²) in [6.07, 6.45) is 4.03. The Morgan fingerprint density at radius 2 is 2.35 bits per heavy atom. The summed E-state index contributed by atoms with van der Waals surface area (Å²) < 4.78 is 5.24. The van der Waals surface area contributed by atoms with Gasteiger partial charge in [-0.3, -0.25) is 14.5 Å². The molecule has 2 amide bonds. The van der Waals surface area contributed by atoms with Gasteiger partial charge in [0.1, 0.15) is 0 Å². The lowest BCUT2D eigenvalue weighted by Crippen LogP contribution is -2.36. The lowest BCUT2D eigenvalue weighted by molar-refractivity contribution is -0.137. The van der Waals surface area contributed by atoms with E-state index in [0.717, 1.165) is 0 Å². The molecule has 0 aliphatic carbocycles. The van der Waals surface area contributed by atoms with Gasteiger partial charge in [-0.2, -0.15) is 0 Å². The normalized spacial score (nSPS) is 27.5. The van der Waals surface area contributed by atoms with Crippen LogP contribution in [0.2, 0.25) is 0 Å². The summed E-state index contributed by atoms with van der Waals surface area (Å²) in [5.74, 6) is -0.313. The van der Waals surface area contributed by atoms with Crippen molar-refractivity contribution < 1.29 is 14.3 Å². The second kappa shape index (κ2) is 4.19. The largest absolute Gasteiger partial charge is 0.358 e. The minimum Gasteiger partial charge on any atom is -0.358 e. The van der Waals surface area contributed by atoms with Crippen molar-refractivity contribution in [1.82, 2.24) is 10.2 Å². The summed E-state index contributed by atoms with van der Waals surface area (Å²) in [7, 11) is 3.07. The number of fused-ring (bicyclic) bond motifs is 1. The molecular formula is C11H14N2O3S. The molecule has 2 aliphatic rings. The van der Waals surface area contributed by atoms with E-state index in [2.05, 4.69) is 5.32 Å². The minimum atomic E-state index is -0.941. The fourth-order valence-corrected chi connectivity index (χ4v) is 2.94. The predicted molar refractivity (Wildman–Crippen MR) is 64.7 cm³/mol. The van der Waals surface area contributed by atoms with E-state index in [9.17, 15) is 9.59 Å². The van der Waals surface area contributed by atoms with Crippen molar-refractivity contribution in [1.29, 1.82) is 0 Å². The molecule has 17 heavy (non-hydrogen) atoms. The SMILES string of the molecule is CNC(=O)C1=C2SC(C)(OC)C(=O)N2C=CC1. The van der Waals surface area contributed by atoms with Crippen LogP contribution in [0.5, 0.6) is 0 Å². The molecule has 2 heterocycles. The lowest BCUT2D eigenvalue weighted by Gasteiger charge is -2.19. The topological polar surface area (TPSA) is 58.6 Å². The van der Waals surface area contributed by atoms with Crippen LogP contribution in [0.3, 0.4) is 0 Å². The third-order valence-electron chi connectivity index (χ3n) is 2.84. The number of hydrogen-bond acceptors (Lipinski definition) is 4. The van der Waals surface area contributed by atoms with E-state index >= 15 is 0 Å². The number of nitrogens with one attached hydrogen (secondary N) is 1. The third kappa shape index (κ3) is 1.77. The van der Waals surface area contributed by atoms with Gasteiger partial charge in [0.25, 0.3) is 5.91 Å². The van der Waals surface area contributed by atoms with E-state index in [4.69, 9.17) is 4.74 Å². The molecule has 1 unspecified atom stereocenters. The summed E-state index contributed by atoms with van der Waals surface area (Å²) in [6.45, 7) is 1.71. The predicted octanol–water partition coefficient (Wildman–Crippen LogP) is 0.799. The van der Waals surface area contributed by atoms with Gasteiger partial charge >= 0.3 is 0 Å². The Bertz CT molecular complexity index is 444. The Morgan fingerprint density at radius 1 is 1.65 bits per heavy atom. The first-order valence-corrected chi connectivity index (χ1v) is 6.05. The van der Waals surface area contributed by atoms with Crippen molar-refractivity contribution in [2.75, 3.05) is 14.2 Å². The molecule has 6 heteroatoms. The average molecular weight is 254 g/mol. The van der Waals surface area contributed by atoms with Gasteiger partial charge in [-0.15, -0.1) is 0 Å². The molecule has 1 N–H and O–H groups in total. The molecule has 1 fully saturated rings. The van der Waals surface area contributed by atoms with E-state index in [1.165, 1.54) is 23.8 Å². The Labute approximate surface area is 104 Å². The smallest absolute Gasteiger partial charge is 0.274 e.